The highest BCUT2D eigenvalue weighted by Crippen LogP contribution is 2.20. The number of sulfonamides is 1. The van der Waals surface area contributed by atoms with E-state index >= 15 is 0 Å². The first-order valence-corrected chi connectivity index (χ1v) is 11.4. The van der Waals surface area contributed by atoms with Gasteiger partial charge < -0.3 is 4.98 Å². The smallest absolute Gasteiger partial charge is 0.218 e. The minimum Gasteiger partial charge on any atom is -0.360 e. The summed E-state index contributed by atoms with van der Waals surface area (Å²) in [6.45, 7) is 2.13. The average Bonchev–Trinajstić information content (AvgIpc) is 3.14. The van der Waals surface area contributed by atoms with Crippen molar-refractivity contribution < 1.29 is 13.2 Å². The number of aromatic nitrogens is 1. The largest absolute Gasteiger partial charge is 0.360 e. The van der Waals surface area contributed by atoms with Gasteiger partial charge in [-0.05, 0) is 23.8 Å². The van der Waals surface area contributed by atoms with Gasteiger partial charge in [0.1, 0.15) is 0 Å². The van der Waals surface area contributed by atoms with Crippen molar-refractivity contribution in [1.82, 2.24) is 14.2 Å². The number of Topliss-reactive ketones (excluding diaryl/α,β-unsaturated/α-hetero) is 1. The number of rotatable bonds is 6. The third-order valence-electron chi connectivity index (χ3n) is 5.24. The molecule has 1 aliphatic heterocycles. The number of fused-ring (bicyclic) bond motifs is 1. The molecule has 0 unspecified atom stereocenters. The van der Waals surface area contributed by atoms with Gasteiger partial charge in [0, 0.05) is 53.9 Å². The Bertz CT molecular complexity index is 1120. The van der Waals surface area contributed by atoms with Crippen molar-refractivity contribution in [3.63, 3.8) is 0 Å². The summed E-state index contributed by atoms with van der Waals surface area (Å²) in [5.74, 6) is -0.00162. The number of carbonyl (C=O) groups excluding carboxylic acids is 1. The summed E-state index contributed by atoms with van der Waals surface area (Å²) in [7, 11) is -3.40. The Kier molecular flexibility index (Phi) is 5.74. The van der Waals surface area contributed by atoms with E-state index in [-0.39, 0.29) is 18.1 Å². The number of hydrogen-bond donors (Lipinski definition) is 1. The molecule has 1 saturated heterocycles. The van der Waals surface area contributed by atoms with Crippen molar-refractivity contribution in [3.05, 3.63) is 70.9 Å². The zero-order chi connectivity index (χ0) is 20.4. The number of hydrogen-bond acceptors (Lipinski definition) is 4. The minimum atomic E-state index is -3.40. The standard InChI is InChI=1S/C21H22ClN3O3S/c22-17-7-5-16(6-8-17)15-29(27,28)25-11-9-24(10-12-25)14-21(26)19-13-23-20-4-2-1-3-18(19)20/h1-8,13,23H,9-12,14-15H2. The van der Waals surface area contributed by atoms with Gasteiger partial charge in [-0.2, -0.15) is 4.31 Å². The fourth-order valence-electron chi connectivity index (χ4n) is 3.64. The van der Waals surface area contributed by atoms with Gasteiger partial charge in [-0.1, -0.05) is 41.9 Å². The average molecular weight is 432 g/mol. The Morgan fingerprint density at radius 3 is 2.41 bits per heavy atom. The predicted molar refractivity (Wildman–Crippen MR) is 115 cm³/mol. The van der Waals surface area contributed by atoms with E-state index in [1.165, 1.54) is 4.31 Å². The molecule has 152 valence electrons. The number of nitrogens with one attached hydrogen (secondary N) is 1. The fourth-order valence-corrected chi connectivity index (χ4v) is 5.28. The van der Waals surface area contributed by atoms with Gasteiger partial charge >= 0.3 is 0 Å². The number of H-pyrrole nitrogens is 1. The van der Waals surface area contributed by atoms with Crippen LogP contribution in [0.3, 0.4) is 0 Å². The molecule has 0 bridgehead atoms. The van der Waals surface area contributed by atoms with E-state index in [1.54, 1.807) is 30.5 Å². The van der Waals surface area contributed by atoms with Crippen LogP contribution in [0.25, 0.3) is 10.9 Å². The number of benzene rings is 2. The molecule has 1 aliphatic rings. The summed E-state index contributed by atoms with van der Waals surface area (Å²) in [5.41, 5.74) is 2.33. The summed E-state index contributed by atoms with van der Waals surface area (Å²) in [6, 6.07) is 14.6. The lowest BCUT2D eigenvalue weighted by Gasteiger charge is -2.33. The van der Waals surface area contributed by atoms with Gasteiger partial charge in [0.15, 0.2) is 5.78 Å². The Balaban J connectivity index is 1.35. The molecule has 0 amide bonds. The molecule has 1 N–H and O–H groups in total. The molecule has 3 aromatic rings. The zero-order valence-corrected chi connectivity index (χ0v) is 17.4. The second-order valence-electron chi connectivity index (χ2n) is 7.23. The van der Waals surface area contributed by atoms with Crippen LogP contribution in [0.15, 0.2) is 54.7 Å². The molecule has 4 rings (SSSR count). The summed E-state index contributed by atoms with van der Waals surface area (Å²) in [6.07, 6.45) is 1.75. The summed E-state index contributed by atoms with van der Waals surface area (Å²) in [4.78, 5) is 17.9. The Hall–Kier alpha value is -2.19. The highest BCUT2D eigenvalue weighted by atomic mass is 35.5. The maximum Gasteiger partial charge on any atom is 0.218 e. The van der Waals surface area contributed by atoms with E-state index in [2.05, 4.69) is 4.98 Å². The first kappa shape index (κ1) is 20.1. The summed E-state index contributed by atoms with van der Waals surface area (Å²) >= 11 is 5.86. The fraction of sp³-hybridized carbons (Fsp3) is 0.286. The van der Waals surface area contributed by atoms with Gasteiger partial charge in [0.25, 0.3) is 0 Å². The normalized spacial score (nSPS) is 16.3. The Morgan fingerprint density at radius 2 is 1.69 bits per heavy atom. The second-order valence-corrected chi connectivity index (χ2v) is 9.63. The van der Waals surface area contributed by atoms with Gasteiger partial charge in [-0.25, -0.2) is 8.42 Å². The number of para-hydroxylation sites is 1. The molecule has 1 fully saturated rings. The highest BCUT2D eigenvalue weighted by molar-refractivity contribution is 7.88. The topological polar surface area (TPSA) is 73.5 Å². The van der Waals surface area contributed by atoms with Crippen LogP contribution in [0.1, 0.15) is 15.9 Å². The first-order chi connectivity index (χ1) is 13.9. The van der Waals surface area contributed by atoms with E-state index in [0.29, 0.717) is 42.3 Å². The minimum absolute atomic E-state index is 0.0416. The molecular weight excluding hydrogens is 410 g/mol. The lowest BCUT2D eigenvalue weighted by molar-refractivity contribution is 0.0903. The van der Waals surface area contributed by atoms with E-state index in [1.807, 2.05) is 29.2 Å². The van der Waals surface area contributed by atoms with E-state index < -0.39 is 10.0 Å². The molecule has 2 heterocycles. The SMILES string of the molecule is O=C(CN1CCN(S(=O)(=O)Cc2ccc(Cl)cc2)CC1)c1c[nH]c2ccccc12. The van der Waals surface area contributed by atoms with Crippen LogP contribution < -0.4 is 0 Å². The molecule has 0 aliphatic carbocycles. The molecule has 0 spiro atoms. The van der Waals surface area contributed by atoms with Crippen molar-refractivity contribution in [2.24, 2.45) is 0 Å². The Morgan fingerprint density at radius 1 is 1.00 bits per heavy atom. The quantitative estimate of drug-likeness (QED) is 0.608. The summed E-state index contributed by atoms with van der Waals surface area (Å²) < 4.78 is 26.9. The number of halogens is 1. The number of carbonyl (C=O) groups is 1. The van der Waals surface area contributed by atoms with Crippen molar-refractivity contribution in [2.75, 3.05) is 32.7 Å². The predicted octanol–water partition coefficient (Wildman–Crippen LogP) is 3.15. The Labute approximate surface area is 175 Å². The maximum absolute atomic E-state index is 12.7. The van der Waals surface area contributed by atoms with Crippen molar-refractivity contribution in [3.8, 4) is 0 Å². The molecule has 0 saturated carbocycles. The van der Waals surface area contributed by atoms with Crippen LogP contribution in [0.4, 0.5) is 0 Å². The molecule has 8 heteroatoms. The molecule has 2 aromatic carbocycles. The third-order valence-corrected chi connectivity index (χ3v) is 7.35. The van der Waals surface area contributed by atoms with Crippen molar-refractivity contribution >= 4 is 38.3 Å². The van der Waals surface area contributed by atoms with Crippen molar-refractivity contribution in [2.45, 2.75) is 5.75 Å². The van der Waals surface area contributed by atoms with Crippen LogP contribution in [0, 0.1) is 0 Å². The van der Waals surface area contributed by atoms with Crippen molar-refractivity contribution in [1.29, 1.82) is 0 Å². The summed E-state index contributed by atoms with van der Waals surface area (Å²) in [5, 5.41) is 1.50. The molecule has 1 aromatic heterocycles. The zero-order valence-electron chi connectivity index (χ0n) is 15.8. The number of nitrogens with zero attached hydrogens (tertiary/aromatic N) is 2. The maximum atomic E-state index is 12.7. The molecule has 6 nitrogen and oxygen atoms in total. The van der Waals surface area contributed by atoms with Crippen LogP contribution in [-0.2, 0) is 15.8 Å². The van der Waals surface area contributed by atoms with Gasteiger partial charge in [0.05, 0.1) is 12.3 Å². The van der Waals surface area contributed by atoms with Crippen LogP contribution in [0.2, 0.25) is 5.02 Å². The lowest BCUT2D eigenvalue weighted by atomic mass is 10.1. The van der Waals surface area contributed by atoms with Crippen LogP contribution in [0.5, 0.6) is 0 Å². The molecule has 0 radical (unpaired) electrons. The van der Waals surface area contributed by atoms with Gasteiger partial charge in [-0.3, -0.25) is 9.69 Å². The van der Waals surface area contributed by atoms with E-state index in [0.717, 1.165) is 10.9 Å². The van der Waals surface area contributed by atoms with E-state index in [4.69, 9.17) is 11.6 Å². The number of piperazine rings is 1. The number of aromatic amines is 1. The molecule has 29 heavy (non-hydrogen) atoms. The third kappa shape index (κ3) is 4.53. The number of ketones is 1. The van der Waals surface area contributed by atoms with E-state index in [9.17, 15) is 13.2 Å². The lowest BCUT2D eigenvalue weighted by Crippen LogP contribution is -2.50. The highest BCUT2D eigenvalue weighted by Gasteiger charge is 2.28. The van der Waals surface area contributed by atoms with Crippen LogP contribution in [-0.4, -0.2) is 61.1 Å². The van der Waals surface area contributed by atoms with Gasteiger partial charge in [-0.15, -0.1) is 0 Å². The monoisotopic (exact) mass is 431 g/mol. The van der Waals surface area contributed by atoms with Gasteiger partial charge in [0.2, 0.25) is 10.0 Å². The second kappa shape index (κ2) is 8.28. The van der Waals surface area contributed by atoms with Crippen LogP contribution >= 0.6 is 11.6 Å². The molecular formula is C21H22ClN3O3S. The molecule has 0 atom stereocenters. The first-order valence-electron chi connectivity index (χ1n) is 9.46.